The Morgan fingerprint density at radius 1 is 1.33 bits per heavy atom. The van der Waals surface area contributed by atoms with Crippen LogP contribution in [-0.4, -0.2) is 43.5 Å². The summed E-state index contributed by atoms with van der Waals surface area (Å²) in [6.07, 6.45) is 2.16. The molecule has 1 fully saturated rings. The number of nitrogens with zero attached hydrogens (tertiary/aromatic N) is 2. The monoisotopic (exact) mass is 404 g/mol. The molecule has 1 saturated heterocycles. The van der Waals surface area contributed by atoms with Gasteiger partial charge in [-0.05, 0) is 37.1 Å². The lowest BCUT2D eigenvalue weighted by molar-refractivity contribution is -0.128. The summed E-state index contributed by atoms with van der Waals surface area (Å²) in [6.45, 7) is 1.76. The summed E-state index contributed by atoms with van der Waals surface area (Å²) in [5.41, 5.74) is 6.57. The zero-order valence-corrected chi connectivity index (χ0v) is 14.4. The molecule has 1 aromatic carbocycles. The molecule has 0 aromatic heterocycles. The minimum Gasteiger partial charge on any atom is -0.497 e. The van der Waals surface area contributed by atoms with Crippen molar-refractivity contribution in [3.8, 4) is 5.75 Å². The number of rotatable bonds is 4. The first-order chi connectivity index (χ1) is 9.69. The van der Waals surface area contributed by atoms with E-state index in [2.05, 4.69) is 10.3 Å². The van der Waals surface area contributed by atoms with E-state index in [1.54, 1.807) is 7.11 Å². The van der Waals surface area contributed by atoms with Gasteiger partial charge in [-0.3, -0.25) is 4.79 Å². The predicted molar refractivity (Wildman–Crippen MR) is 94.3 cm³/mol. The normalized spacial score (nSPS) is 14.5. The van der Waals surface area contributed by atoms with Gasteiger partial charge < -0.3 is 20.7 Å². The van der Waals surface area contributed by atoms with Crippen LogP contribution in [0.25, 0.3) is 0 Å². The van der Waals surface area contributed by atoms with E-state index in [4.69, 9.17) is 10.5 Å². The topological polar surface area (TPSA) is 80.0 Å². The maximum Gasteiger partial charge on any atom is 0.244 e. The van der Waals surface area contributed by atoms with E-state index >= 15 is 0 Å². The van der Waals surface area contributed by atoms with Crippen LogP contribution in [0.1, 0.15) is 12.8 Å². The number of amides is 1. The molecule has 0 saturated carbocycles. The average molecular weight is 404 g/mol. The van der Waals surface area contributed by atoms with Crippen molar-refractivity contribution in [2.75, 3.05) is 32.1 Å². The fourth-order valence-electron chi connectivity index (χ4n) is 2.08. The smallest absolute Gasteiger partial charge is 0.244 e. The molecule has 1 amide bonds. The van der Waals surface area contributed by atoms with Gasteiger partial charge in [0, 0.05) is 18.8 Å². The lowest BCUT2D eigenvalue weighted by Gasteiger charge is -2.13. The van der Waals surface area contributed by atoms with Crippen LogP contribution in [0.5, 0.6) is 5.75 Å². The van der Waals surface area contributed by atoms with E-state index in [1.165, 1.54) is 0 Å². The minimum absolute atomic E-state index is 0. The number of nitrogens with two attached hydrogens (primary N) is 1. The molecule has 1 aliphatic rings. The third-order valence-corrected chi connectivity index (χ3v) is 3.21. The summed E-state index contributed by atoms with van der Waals surface area (Å²) in [5, 5.41) is 2.94. The van der Waals surface area contributed by atoms with Gasteiger partial charge in [0.25, 0.3) is 0 Å². The van der Waals surface area contributed by atoms with Crippen molar-refractivity contribution < 1.29 is 9.53 Å². The van der Waals surface area contributed by atoms with Gasteiger partial charge in [-0.1, -0.05) is 0 Å². The zero-order chi connectivity index (χ0) is 14.4. The molecule has 116 valence electrons. The number of benzene rings is 1. The van der Waals surface area contributed by atoms with Crippen molar-refractivity contribution in [3.05, 3.63) is 24.3 Å². The van der Waals surface area contributed by atoms with Crippen molar-refractivity contribution in [2.24, 2.45) is 10.7 Å². The molecule has 0 aliphatic carbocycles. The van der Waals surface area contributed by atoms with Crippen molar-refractivity contribution in [2.45, 2.75) is 12.8 Å². The summed E-state index contributed by atoms with van der Waals surface area (Å²) in [7, 11) is 1.61. The molecular weight excluding hydrogens is 383 g/mol. The van der Waals surface area contributed by atoms with Gasteiger partial charge in [0.05, 0.1) is 7.11 Å². The SMILES string of the molecule is COc1ccc(NC(N)=NCC(=O)N2CCCC2)cc1.I. The Labute approximate surface area is 141 Å². The highest BCUT2D eigenvalue weighted by atomic mass is 127. The Hall–Kier alpha value is -1.51. The van der Waals surface area contributed by atoms with Crippen molar-refractivity contribution in [3.63, 3.8) is 0 Å². The van der Waals surface area contributed by atoms with Gasteiger partial charge in [0.2, 0.25) is 5.91 Å². The second-order valence-electron chi connectivity index (χ2n) is 4.64. The van der Waals surface area contributed by atoms with E-state index in [0.29, 0.717) is 0 Å². The number of guanidine groups is 1. The summed E-state index contributed by atoms with van der Waals surface area (Å²) in [6, 6.07) is 7.32. The molecular formula is C14H21IN4O2. The summed E-state index contributed by atoms with van der Waals surface area (Å²) < 4.78 is 5.07. The number of aliphatic imine (C=N–C) groups is 1. The van der Waals surface area contributed by atoms with Gasteiger partial charge in [-0.2, -0.15) is 0 Å². The molecule has 3 N–H and O–H groups in total. The molecule has 0 bridgehead atoms. The molecule has 0 spiro atoms. The summed E-state index contributed by atoms with van der Waals surface area (Å²) >= 11 is 0. The maximum absolute atomic E-state index is 11.8. The number of halogens is 1. The Bertz CT molecular complexity index is 484. The van der Waals surface area contributed by atoms with Crippen molar-refractivity contribution in [1.82, 2.24) is 4.90 Å². The summed E-state index contributed by atoms with van der Waals surface area (Å²) in [4.78, 5) is 17.7. The number of hydrogen-bond acceptors (Lipinski definition) is 3. The number of carbonyl (C=O) groups is 1. The highest BCUT2D eigenvalue weighted by Crippen LogP contribution is 2.14. The molecule has 0 unspecified atom stereocenters. The fraction of sp³-hybridized carbons (Fsp3) is 0.429. The highest BCUT2D eigenvalue weighted by molar-refractivity contribution is 14.0. The molecule has 1 aliphatic heterocycles. The van der Waals surface area contributed by atoms with E-state index < -0.39 is 0 Å². The van der Waals surface area contributed by atoms with Crippen LogP contribution in [0.2, 0.25) is 0 Å². The number of ether oxygens (including phenoxy) is 1. The predicted octanol–water partition coefficient (Wildman–Crippen LogP) is 1.66. The largest absolute Gasteiger partial charge is 0.497 e. The van der Waals surface area contributed by atoms with E-state index in [0.717, 1.165) is 37.4 Å². The molecule has 21 heavy (non-hydrogen) atoms. The fourth-order valence-corrected chi connectivity index (χ4v) is 2.08. The number of hydrogen-bond donors (Lipinski definition) is 2. The number of anilines is 1. The molecule has 1 heterocycles. The lowest BCUT2D eigenvalue weighted by atomic mass is 10.3. The van der Waals surface area contributed by atoms with Gasteiger partial charge in [0.15, 0.2) is 5.96 Å². The third kappa shape index (κ3) is 5.41. The quantitative estimate of drug-likeness (QED) is 0.455. The number of methoxy groups -OCH3 is 1. The van der Waals surface area contributed by atoms with Crippen LogP contribution in [0, 0.1) is 0 Å². The number of carbonyl (C=O) groups excluding carboxylic acids is 1. The van der Waals surface area contributed by atoms with Gasteiger partial charge >= 0.3 is 0 Å². The zero-order valence-electron chi connectivity index (χ0n) is 12.0. The van der Waals surface area contributed by atoms with Crippen molar-refractivity contribution in [1.29, 1.82) is 0 Å². The maximum atomic E-state index is 11.8. The average Bonchev–Trinajstić information content (AvgIpc) is 3.00. The molecule has 7 heteroatoms. The van der Waals surface area contributed by atoms with E-state index in [1.807, 2.05) is 29.2 Å². The van der Waals surface area contributed by atoms with E-state index in [9.17, 15) is 4.79 Å². The summed E-state index contributed by atoms with van der Waals surface area (Å²) in [5.74, 6) is 1.04. The van der Waals surface area contributed by atoms with Crippen LogP contribution in [0.4, 0.5) is 5.69 Å². The molecule has 2 rings (SSSR count). The second kappa shape index (κ2) is 8.71. The first-order valence-corrected chi connectivity index (χ1v) is 6.68. The number of nitrogens with one attached hydrogen (secondary N) is 1. The first kappa shape index (κ1) is 17.5. The molecule has 0 atom stereocenters. The van der Waals surface area contributed by atoms with Crippen LogP contribution in [0.3, 0.4) is 0 Å². The van der Waals surface area contributed by atoms with E-state index in [-0.39, 0.29) is 42.4 Å². The van der Waals surface area contributed by atoms with Crippen molar-refractivity contribution >= 4 is 41.5 Å². The Balaban J connectivity index is 0.00000220. The molecule has 1 aromatic rings. The van der Waals surface area contributed by atoms with Crippen LogP contribution < -0.4 is 15.8 Å². The van der Waals surface area contributed by atoms with Crippen LogP contribution >= 0.6 is 24.0 Å². The lowest BCUT2D eigenvalue weighted by Crippen LogP contribution is -2.31. The first-order valence-electron chi connectivity index (χ1n) is 6.68. The number of likely N-dealkylation sites (tertiary alicyclic amines) is 1. The van der Waals surface area contributed by atoms with Crippen LogP contribution in [0.15, 0.2) is 29.3 Å². The van der Waals surface area contributed by atoms with Gasteiger partial charge in [-0.15, -0.1) is 24.0 Å². The highest BCUT2D eigenvalue weighted by Gasteiger charge is 2.16. The van der Waals surface area contributed by atoms with Gasteiger partial charge in [-0.25, -0.2) is 4.99 Å². The Kier molecular flexibility index (Phi) is 7.27. The molecule has 6 nitrogen and oxygen atoms in total. The van der Waals surface area contributed by atoms with Crippen LogP contribution in [-0.2, 0) is 4.79 Å². The minimum atomic E-state index is 0. The Morgan fingerprint density at radius 2 is 1.95 bits per heavy atom. The second-order valence-corrected chi connectivity index (χ2v) is 4.64. The standard InChI is InChI=1S/C14H20N4O2.HI/c1-20-12-6-4-11(5-7-12)17-14(15)16-10-13(19)18-8-2-3-9-18;/h4-7H,2-3,8-10H2,1H3,(H3,15,16,17);1H. The third-order valence-electron chi connectivity index (χ3n) is 3.21. The molecule has 0 radical (unpaired) electrons. The van der Waals surface area contributed by atoms with Gasteiger partial charge in [0.1, 0.15) is 12.3 Å². The Morgan fingerprint density at radius 3 is 2.52 bits per heavy atom.